The number of fused-ring (bicyclic) bond motifs is 1. The zero-order valence-corrected chi connectivity index (χ0v) is 15.0. The molecule has 3 aromatic rings. The topological polar surface area (TPSA) is 54.5 Å². The van der Waals surface area contributed by atoms with Gasteiger partial charge in [0.15, 0.2) is 0 Å². The lowest BCUT2D eigenvalue weighted by molar-refractivity contribution is -0.116. The molecule has 0 saturated heterocycles. The number of pyridine rings is 1. The highest BCUT2D eigenvalue weighted by Gasteiger charge is 2.20. The van der Waals surface area contributed by atoms with Gasteiger partial charge in [0, 0.05) is 12.2 Å². The van der Waals surface area contributed by atoms with E-state index in [0.717, 1.165) is 24.5 Å². The van der Waals surface area contributed by atoms with Crippen molar-refractivity contribution < 1.29 is 9.53 Å². The Labute approximate surface area is 158 Å². The Hall–Kier alpha value is -3.34. The molecular weight excluding hydrogens is 338 g/mol. The average molecular weight is 359 g/mol. The van der Waals surface area contributed by atoms with E-state index in [1.165, 1.54) is 11.3 Å². The van der Waals surface area contributed by atoms with Gasteiger partial charge < -0.3 is 15.0 Å². The van der Waals surface area contributed by atoms with Crippen LogP contribution in [0.1, 0.15) is 12.0 Å². The van der Waals surface area contributed by atoms with E-state index in [1.807, 2.05) is 48.5 Å². The van der Waals surface area contributed by atoms with Crippen LogP contribution >= 0.6 is 0 Å². The minimum Gasteiger partial charge on any atom is -0.493 e. The van der Waals surface area contributed by atoms with Gasteiger partial charge in [0.2, 0.25) is 5.91 Å². The number of rotatable bonds is 6. The predicted molar refractivity (Wildman–Crippen MR) is 107 cm³/mol. The standard InChI is InChI=1S/C22H21N3O2/c26-22(13-15-27-19-7-2-1-3-8-19)24-18-10-11-21(23-16-18)25-14-12-17-6-4-5-9-20(17)25/h1-11,16H,12-15H2,(H,24,26). The average Bonchev–Trinajstić information content (AvgIpc) is 3.14. The molecule has 1 N–H and O–H groups in total. The second-order valence-corrected chi connectivity index (χ2v) is 6.40. The van der Waals surface area contributed by atoms with Crippen LogP contribution < -0.4 is 15.0 Å². The van der Waals surface area contributed by atoms with Crippen LogP contribution in [0.25, 0.3) is 0 Å². The van der Waals surface area contributed by atoms with Gasteiger partial charge in [-0.15, -0.1) is 0 Å². The highest BCUT2D eigenvalue weighted by Crippen LogP contribution is 2.33. The van der Waals surface area contributed by atoms with E-state index in [-0.39, 0.29) is 12.3 Å². The van der Waals surface area contributed by atoms with E-state index in [1.54, 1.807) is 6.20 Å². The first-order valence-corrected chi connectivity index (χ1v) is 9.09. The summed E-state index contributed by atoms with van der Waals surface area (Å²) in [5.74, 6) is 1.57. The number of nitrogens with zero attached hydrogens (tertiary/aromatic N) is 2. The largest absolute Gasteiger partial charge is 0.493 e. The van der Waals surface area contributed by atoms with E-state index in [9.17, 15) is 4.79 Å². The number of para-hydroxylation sites is 2. The van der Waals surface area contributed by atoms with Crippen molar-refractivity contribution >= 4 is 23.1 Å². The molecule has 1 amide bonds. The van der Waals surface area contributed by atoms with Crippen molar-refractivity contribution in [3.63, 3.8) is 0 Å². The summed E-state index contributed by atoms with van der Waals surface area (Å²) >= 11 is 0. The molecule has 5 nitrogen and oxygen atoms in total. The normalized spacial score (nSPS) is 12.5. The van der Waals surface area contributed by atoms with E-state index in [2.05, 4.69) is 33.4 Å². The maximum Gasteiger partial charge on any atom is 0.227 e. The molecule has 0 atom stereocenters. The Kier molecular flexibility index (Phi) is 5.01. The van der Waals surface area contributed by atoms with E-state index in [0.29, 0.717) is 12.3 Å². The number of carbonyl (C=O) groups is 1. The number of aromatic nitrogens is 1. The molecule has 0 bridgehead atoms. The summed E-state index contributed by atoms with van der Waals surface area (Å²) in [7, 11) is 0. The van der Waals surface area contributed by atoms with Crippen molar-refractivity contribution in [1.82, 2.24) is 4.98 Å². The summed E-state index contributed by atoms with van der Waals surface area (Å²) in [5.41, 5.74) is 3.24. The maximum atomic E-state index is 12.1. The van der Waals surface area contributed by atoms with Crippen molar-refractivity contribution in [3.05, 3.63) is 78.5 Å². The molecule has 0 spiro atoms. The summed E-state index contributed by atoms with van der Waals surface area (Å²) in [4.78, 5) is 18.8. The minimum absolute atomic E-state index is 0.0907. The summed E-state index contributed by atoms with van der Waals surface area (Å²) in [6.07, 6.45) is 3.01. The molecular formula is C22H21N3O2. The number of amides is 1. The SMILES string of the molecule is O=C(CCOc1ccccc1)Nc1ccc(N2CCc3ccccc32)nc1. The molecule has 0 aliphatic carbocycles. The number of ether oxygens (including phenoxy) is 1. The summed E-state index contributed by atoms with van der Waals surface area (Å²) in [5, 5.41) is 2.87. The molecule has 2 aromatic carbocycles. The van der Waals surface area contributed by atoms with Crippen LogP contribution in [-0.4, -0.2) is 24.0 Å². The van der Waals surface area contributed by atoms with Gasteiger partial charge in [0.25, 0.3) is 0 Å². The van der Waals surface area contributed by atoms with E-state index < -0.39 is 0 Å². The van der Waals surface area contributed by atoms with Gasteiger partial charge in [0.05, 0.1) is 24.9 Å². The number of hydrogen-bond donors (Lipinski definition) is 1. The Morgan fingerprint density at radius 1 is 1.04 bits per heavy atom. The van der Waals surface area contributed by atoms with E-state index in [4.69, 9.17) is 4.74 Å². The zero-order chi connectivity index (χ0) is 18.5. The van der Waals surface area contributed by atoms with Crippen molar-refractivity contribution in [1.29, 1.82) is 0 Å². The second-order valence-electron chi connectivity index (χ2n) is 6.40. The third-order valence-electron chi connectivity index (χ3n) is 4.54. The molecule has 0 saturated carbocycles. The Morgan fingerprint density at radius 2 is 1.85 bits per heavy atom. The summed E-state index contributed by atoms with van der Waals surface area (Å²) in [6.45, 7) is 1.26. The highest BCUT2D eigenvalue weighted by atomic mass is 16.5. The van der Waals surface area contributed by atoms with Gasteiger partial charge in [-0.2, -0.15) is 0 Å². The van der Waals surface area contributed by atoms with Crippen LogP contribution in [0.4, 0.5) is 17.2 Å². The molecule has 5 heteroatoms. The smallest absolute Gasteiger partial charge is 0.227 e. The van der Waals surface area contributed by atoms with Crippen molar-refractivity contribution in [2.24, 2.45) is 0 Å². The van der Waals surface area contributed by atoms with Crippen LogP contribution in [0.15, 0.2) is 72.9 Å². The molecule has 2 heterocycles. The molecule has 0 fully saturated rings. The van der Waals surface area contributed by atoms with Crippen LogP contribution in [0, 0.1) is 0 Å². The van der Waals surface area contributed by atoms with Crippen molar-refractivity contribution in [3.8, 4) is 5.75 Å². The lowest BCUT2D eigenvalue weighted by Crippen LogP contribution is -2.17. The van der Waals surface area contributed by atoms with E-state index >= 15 is 0 Å². The number of carbonyl (C=O) groups excluding carboxylic acids is 1. The highest BCUT2D eigenvalue weighted by molar-refractivity contribution is 5.90. The summed E-state index contributed by atoms with van der Waals surface area (Å²) < 4.78 is 5.55. The predicted octanol–water partition coefficient (Wildman–Crippen LogP) is 4.18. The molecule has 0 radical (unpaired) electrons. The molecule has 27 heavy (non-hydrogen) atoms. The van der Waals surface area contributed by atoms with Crippen LogP contribution in [0.2, 0.25) is 0 Å². The molecule has 0 unspecified atom stereocenters. The van der Waals surface area contributed by atoms with Gasteiger partial charge in [0.1, 0.15) is 11.6 Å². The number of anilines is 3. The molecule has 4 rings (SSSR count). The Morgan fingerprint density at radius 3 is 2.67 bits per heavy atom. The number of nitrogens with one attached hydrogen (secondary N) is 1. The van der Waals surface area contributed by atoms with Gasteiger partial charge in [-0.1, -0.05) is 36.4 Å². The van der Waals surface area contributed by atoms with Gasteiger partial charge in [-0.25, -0.2) is 4.98 Å². The van der Waals surface area contributed by atoms with Crippen LogP contribution in [-0.2, 0) is 11.2 Å². The molecule has 1 aliphatic rings. The molecule has 1 aliphatic heterocycles. The monoisotopic (exact) mass is 359 g/mol. The lowest BCUT2D eigenvalue weighted by Gasteiger charge is -2.18. The van der Waals surface area contributed by atoms with Gasteiger partial charge >= 0.3 is 0 Å². The van der Waals surface area contributed by atoms with Crippen molar-refractivity contribution in [2.45, 2.75) is 12.8 Å². The van der Waals surface area contributed by atoms with Crippen molar-refractivity contribution in [2.75, 3.05) is 23.4 Å². The number of hydrogen-bond acceptors (Lipinski definition) is 4. The first-order valence-electron chi connectivity index (χ1n) is 9.09. The fraction of sp³-hybridized carbons (Fsp3) is 0.182. The van der Waals surface area contributed by atoms with Gasteiger partial charge in [-0.05, 0) is 42.3 Å². The Bertz CT molecular complexity index is 910. The molecule has 1 aromatic heterocycles. The van der Waals surface area contributed by atoms with Crippen LogP contribution in [0.5, 0.6) is 5.75 Å². The first-order chi connectivity index (χ1) is 13.3. The Balaban J connectivity index is 1.31. The number of benzene rings is 2. The second kappa shape index (κ2) is 7.91. The fourth-order valence-corrected chi connectivity index (χ4v) is 3.20. The quantitative estimate of drug-likeness (QED) is 0.717. The minimum atomic E-state index is -0.0907. The first kappa shape index (κ1) is 17.1. The van der Waals surface area contributed by atoms with Crippen LogP contribution in [0.3, 0.4) is 0 Å². The zero-order valence-electron chi connectivity index (χ0n) is 15.0. The fourth-order valence-electron chi connectivity index (χ4n) is 3.20. The summed E-state index contributed by atoms with van der Waals surface area (Å²) in [6, 6.07) is 21.7. The lowest BCUT2D eigenvalue weighted by atomic mass is 10.2. The third kappa shape index (κ3) is 4.08. The third-order valence-corrected chi connectivity index (χ3v) is 4.54. The molecule has 136 valence electrons. The van der Waals surface area contributed by atoms with Gasteiger partial charge in [-0.3, -0.25) is 4.79 Å². The maximum absolute atomic E-state index is 12.1.